The molecule has 3 amide bonds. The Hall–Kier alpha value is -2.49. The molecule has 0 bridgehead atoms. The third-order valence-electron chi connectivity index (χ3n) is 3.19. The van der Waals surface area contributed by atoms with Gasteiger partial charge in [0.1, 0.15) is 5.75 Å². The van der Waals surface area contributed by atoms with Crippen LogP contribution in [0.25, 0.3) is 0 Å². The lowest BCUT2D eigenvalue weighted by Gasteiger charge is -2.31. The molecule has 3 N–H and O–H groups in total. The fraction of sp³-hybridized carbons (Fsp3) is 0.429. The van der Waals surface area contributed by atoms with E-state index in [1.807, 2.05) is 0 Å². The van der Waals surface area contributed by atoms with E-state index in [0.717, 1.165) is 0 Å². The molecule has 0 radical (unpaired) electrons. The van der Waals surface area contributed by atoms with Crippen LogP contribution < -0.4 is 15.8 Å². The number of benzene rings is 1. The van der Waals surface area contributed by atoms with Crippen LogP contribution in [0.5, 0.6) is 5.75 Å². The monoisotopic (exact) mass is 347 g/mol. The van der Waals surface area contributed by atoms with Crippen molar-refractivity contribution in [3.05, 3.63) is 24.3 Å². The quantitative estimate of drug-likeness (QED) is 0.860. The van der Waals surface area contributed by atoms with Gasteiger partial charge in [0.2, 0.25) is 5.91 Å². The Morgan fingerprint density at radius 2 is 2.08 bits per heavy atom. The fourth-order valence-electron chi connectivity index (χ4n) is 2.06. The third kappa shape index (κ3) is 5.01. The summed E-state index contributed by atoms with van der Waals surface area (Å²) < 4.78 is 46.6. The summed E-state index contributed by atoms with van der Waals surface area (Å²) in [4.78, 5) is 24.6. The summed E-state index contributed by atoms with van der Waals surface area (Å²) in [5.74, 6) is -0.802. The normalized spacial score (nSPS) is 18.1. The fourth-order valence-corrected chi connectivity index (χ4v) is 2.06. The molecule has 24 heavy (non-hydrogen) atoms. The van der Waals surface area contributed by atoms with Gasteiger partial charge in [0.05, 0.1) is 18.8 Å². The summed E-state index contributed by atoms with van der Waals surface area (Å²) in [7, 11) is 0. The predicted molar refractivity (Wildman–Crippen MR) is 77.5 cm³/mol. The minimum atomic E-state index is -4.49. The number of carbonyl (C=O) groups excluding carboxylic acids is 2. The largest absolute Gasteiger partial charge is 0.482 e. The molecule has 0 unspecified atom stereocenters. The van der Waals surface area contributed by atoms with Gasteiger partial charge < -0.3 is 25.4 Å². The number of hydrogen-bond acceptors (Lipinski definition) is 4. The number of para-hydroxylation sites is 2. The second-order valence-corrected chi connectivity index (χ2v) is 5.04. The second-order valence-electron chi connectivity index (χ2n) is 5.04. The predicted octanol–water partition coefficient (Wildman–Crippen LogP) is 1.35. The van der Waals surface area contributed by atoms with Crippen molar-refractivity contribution in [3.63, 3.8) is 0 Å². The van der Waals surface area contributed by atoms with Crippen molar-refractivity contribution in [1.29, 1.82) is 0 Å². The molecule has 1 aliphatic heterocycles. The number of amides is 3. The molecule has 0 saturated carbocycles. The van der Waals surface area contributed by atoms with Gasteiger partial charge in [-0.1, -0.05) is 12.1 Å². The lowest BCUT2D eigenvalue weighted by Crippen LogP contribution is -2.51. The Bertz CT molecular complexity index is 609. The lowest BCUT2D eigenvalue weighted by atomic mass is 10.2. The maximum atomic E-state index is 12.3. The summed E-state index contributed by atoms with van der Waals surface area (Å²) in [6.07, 6.45) is -5.41. The molecule has 1 aliphatic rings. The van der Waals surface area contributed by atoms with Crippen LogP contribution in [0.4, 0.5) is 23.7 Å². The first-order valence-corrected chi connectivity index (χ1v) is 7.01. The number of anilines is 1. The molecule has 7 nitrogen and oxygen atoms in total. The minimum Gasteiger partial charge on any atom is -0.482 e. The van der Waals surface area contributed by atoms with Gasteiger partial charge in [0.25, 0.3) is 0 Å². The van der Waals surface area contributed by atoms with E-state index in [0.29, 0.717) is 0 Å². The van der Waals surface area contributed by atoms with Gasteiger partial charge in [0.15, 0.2) is 12.7 Å². The highest BCUT2D eigenvalue weighted by atomic mass is 19.4. The van der Waals surface area contributed by atoms with Crippen molar-refractivity contribution >= 4 is 17.6 Å². The molecular formula is C14H16F3N3O4. The molecule has 1 fully saturated rings. The standard InChI is InChI=1S/C14H16F3N3O4/c15-14(16,17)8-24-10-4-2-1-3-9(10)19-13(22)20-5-6-23-11(7-20)12(18)21/h1-4,11H,5-8H2,(H2,18,21)(H,19,22)/t11-/m0/s1. The van der Waals surface area contributed by atoms with Gasteiger partial charge in [-0.25, -0.2) is 4.79 Å². The van der Waals surface area contributed by atoms with E-state index in [4.69, 9.17) is 15.2 Å². The van der Waals surface area contributed by atoms with Gasteiger partial charge in [0, 0.05) is 6.54 Å². The number of alkyl halides is 3. The Morgan fingerprint density at radius 3 is 2.75 bits per heavy atom. The molecule has 1 heterocycles. The van der Waals surface area contributed by atoms with Gasteiger partial charge in [-0.3, -0.25) is 4.79 Å². The van der Waals surface area contributed by atoms with Crippen molar-refractivity contribution in [2.24, 2.45) is 5.73 Å². The Kier molecular flexibility index (Phi) is 5.50. The maximum Gasteiger partial charge on any atom is 0.422 e. The number of primary amides is 1. The average molecular weight is 347 g/mol. The van der Waals surface area contributed by atoms with E-state index >= 15 is 0 Å². The molecule has 0 aliphatic carbocycles. The molecule has 132 valence electrons. The van der Waals surface area contributed by atoms with Gasteiger partial charge >= 0.3 is 12.2 Å². The Labute approximate surface area is 135 Å². The summed E-state index contributed by atoms with van der Waals surface area (Å²) in [5.41, 5.74) is 5.23. The zero-order valence-corrected chi connectivity index (χ0v) is 12.5. The van der Waals surface area contributed by atoms with Crippen molar-refractivity contribution in [2.75, 3.05) is 31.6 Å². The summed E-state index contributed by atoms with van der Waals surface area (Å²) in [6.45, 7) is -1.15. The number of rotatable bonds is 4. The average Bonchev–Trinajstić information content (AvgIpc) is 2.53. The molecule has 0 aromatic heterocycles. The first-order chi connectivity index (χ1) is 11.3. The molecule has 0 spiro atoms. The van der Waals surface area contributed by atoms with Crippen LogP contribution in [0, 0.1) is 0 Å². The maximum absolute atomic E-state index is 12.3. The number of carbonyl (C=O) groups is 2. The number of ether oxygens (including phenoxy) is 2. The van der Waals surface area contributed by atoms with Crippen LogP contribution in [0.3, 0.4) is 0 Å². The van der Waals surface area contributed by atoms with E-state index < -0.39 is 30.8 Å². The minimum absolute atomic E-state index is 0.0350. The van der Waals surface area contributed by atoms with Crippen molar-refractivity contribution in [2.45, 2.75) is 12.3 Å². The lowest BCUT2D eigenvalue weighted by molar-refractivity contribution is -0.153. The number of nitrogens with two attached hydrogens (primary N) is 1. The van der Waals surface area contributed by atoms with Crippen molar-refractivity contribution < 1.29 is 32.2 Å². The first kappa shape index (κ1) is 17.9. The van der Waals surface area contributed by atoms with Crippen LogP contribution in [-0.2, 0) is 9.53 Å². The van der Waals surface area contributed by atoms with Crippen LogP contribution >= 0.6 is 0 Å². The Balaban J connectivity index is 2.02. The van der Waals surface area contributed by atoms with E-state index in [1.54, 1.807) is 6.07 Å². The zero-order valence-electron chi connectivity index (χ0n) is 12.5. The third-order valence-corrected chi connectivity index (χ3v) is 3.19. The summed E-state index contributed by atoms with van der Waals surface area (Å²) in [5, 5.41) is 2.46. The molecule has 10 heteroatoms. The number of hydrogen-bond donors (Lipinski definition) is 2. The summed E-state index contributed by atoms with van der Waals surface area (Å²) in [6, 6.07) is 5.16. The first-order valence-electron chi connectivity index (χ1n) is 7.01. The van der Waals surface area contributed by atoms with E-state index in [-0.39, 0.29) is 31.1 Å². The van der Waals surface area contributed by atoms with Crippen molar-refractivity contribution in [3.8, 4) is 5.75 Å². The number of nitrogens with zero attached hydrogens (tertiary/aromatic N) is 1. The zero-order chi connectivity index (χ0) is 17.7. The second kappa shape index (κ2) is 7.39. The topological polar surface area (TPSA) is 93.9 Å². The molecule has 2 rings (SSSR count). The molecule has 1 saturated heterocycles. The van der Waals surface area contributed by atoms with Gasteiger partial charge in [-0.2, -0.15) is 13.2 Å². The van der Waals surface area contributed by atoms with E-state index in [9.17, 15) is 22.8 Å². The number of morpholine rings is 1. The van der Waals surface area contributed by atoms with Crippen LogP contribution in [-0.4, -0.2) is 55.4 Å². The summed E-state index contributed by atoms with van der Waals surface area (Å²) >= 11 is 0. The number of urea groups is 1. The highest BCUT2D eigenvalue weighted by Crippen LogP contribution is 2.26. The SMILES string of the molecule is NC(=O)[C@@H]1CN(C(=O)Nc2ccccc2OCC(F)(F)F)CCO1. The highest BCUT2D eigenvalue weighted by Gasteiger charge is 2.30. The number of nitrogens with one attached hydrogen (secondary N) is 1. The molecule has 1 aromatic carbocycles. The van der Waals surface area contributed by atoms with Crippen LogP contribution in [0.2, 0.25) is 0 Å². The van der Waals surface area contributed by atoms with E-state index in [2.05, 4.69) is 5.32 Å². The molecular weight excluding hydrogens is 331 g/mol. The Morgan fingerprint density at radius 1 is 1.38 bits per heavy atom. The number of halogens is 3. The van der Waals surface area contributed by atoms with Crippen molar-refractivity contribution in [1.82, 2.24) is 4.90 Å². The molecule has 1 atom stereocenters. The van der Waals surface area contributed by atoms with Crippen LogP contribution in [0.15, 0.2) is 24.3 Å². The van der Waals surface area contributed by atoms with Gasteiger partial charge in [-0.15, -0.1) is 0 Å². The van der Waals surface area contributed by atoms with Gasteiger partial charge in [-0.05, 0) is 12.1 Å². The highest BCUT2D eigenvalue weighted by molar-refractivity contribution is 5.91. The molecule has 1 aromatic rings. The smallest absolute Gasteiger partial charge is 0.422 e. The van der Waals surface area contributed by atoms with Crippen LogP contribution in [0.1, 0.15) is 0 Å². The van der Waals surface area contributed by atoms with E-state index in [1.165, 1.54) is 23.1 Å².